The van der Waals surface area contributed by atoms with Crippen LogP contribution in [0.5, 0.6) is 0 Å². The number of carbonyl (C=O) groups excluding carboxylic acids is 1. The zero-order valence-electron chi connectivity index (χ0n) is 17.8. The van der Waals surface area contributed by atoms with Crippen LogP contribution in [-0.2, 0) is 20.9 Å². The van der Waals surface area contributed by atoms with Gasteiger partial charge in [0.25, 0.3) is 0 Å². The number of amides is 1. The Kier molecular flexibility index (Phi) is 8.24. The molecule has 10 heteroatoms. The fraction of sp³-hybridized carbons (Fsp3) is 0.364. The van der Waals surface area contributed by atoms with Crippen LogP contribution in [0.4, 0.5) is 4.79 Å². The lowest BCUT2D eigenvalue weighted by Gasteiger charge is -2.18. The number of hydrazone groups is 1. The highest BCUT2D eigenvalue weighted by atomic mass is 16.5. The van der Waals surface area contributed by atoms with Crippen molar-refractivity contribution in [3.63, 3.8) is 0 Å². The van der Waals surface area contributed by atoms with E-state index in [1.165, 1.54) is 0 Å². The molecule has 0 aromatic heterocycles. The summed E-state index contributed by atoms with van der Waals surface area (Å²) in [7, 11) is 0. The number of alkyl carbamates (subject to hydrolysis) is 1. The zero-order valence-corrected chi connectivity index (χ0v) is 17.8. The van der Waals surface area contributed by atoms with Crippen LogP contribution in [0.25, 0.3) is 0 Å². The Labute approximate surface area is 186 Å². The van der Waals surface area contributed by atoms with Crippen LogP contribution >= 0.6 is 0 Å². The highest BCUT2D eigenvalue weighted by molar-refractivity contribution is 5.99. The summed E-state index contributed by atoms with van der Waals surface area (Å²) in [6.45, 7) is 3.61. The fourth-order valence-electron chi connectivity index (χ4n) is 3.04. The maximum absolute atomic E-state index is 12.0. The van der Waals surface area contributed by atoms with Gasteiger partial charge in [-0.15, -0.1) is 0 Å². The van der Waals surface area contributed by atoms with E-state index in [1.54, 1.807) is 0 Å². The minimum Gasteiger partial charge on any atom is -0.494 e. The quantitative estimate of drug-likeness (QED) is 0.430. The summed E-state index contributed by atoms with van der Waals surface area (Å²) in [5.74, 6) is 0.166. The van der Waals surface area contributed by atoms with Crippen molar-refractivity contribution in [2.75, 3.05) is 19.7 Å². The monoisotopic (exact) mass is 441 g/mol. The Balaban J connectivity index is 1.42. The second kappa shape index (κ2) is 11.5. The van der Waals surface area contributed by atoms with Crippen molar-refractivity contribution in [2.24, 2.45) is 10.1 Å². The summed E-state index contributed by atoms with van der Waals surface area (Å²) in [5.41, 5.74) is 5.41. The number of aliphatic imine (C=N–C) groups is 1. The summed E-state index contributed by atoms with van der Waals surface area (Å²) in [4.78, 5) is 27.7. The van der Waals surface area contributed by atoms with E-state index in [4.69, 9.17) is 9.47 Å². The van der Waals surface area contributed by atoms with Crippen molar-refractivity contribution in [1.29, 1.82) is 0 Å². The topological polar surface area (TPSA) is 134 Å². The Morgan fingerprint density at radius 1 is 1.31 bits per heavy atom. The molecule has 1 amide bonds. The Bertz CT molecular complexity index is 939. The number of benzene rings is 1. The molecule has 1 aromatic rings. The van der Waals surface area contributed by atoms with E-state index < -0.39 is 18.1 Å². The molecule has 0 saturated carbocycles. The normalized spacial score (nSPS) is 17.4. The molecule has 1 aromatic carbocycles. The SMILES string of the molecule is CC1=CC(=NNC2=NCCN2)CC=C1OCC[C@H](NC(=O)OCc1ccccc1)C(=O)O. The van der Waals surface area contributed by atoms with Crippen LogP contribution in [0, 0.1) is 0 Å². The van der Waals surface area contributed by atoms with Crippen molar-refractivity contribution >= 4 is 23.7 Å². The molecule has 2 aliphatic rings. The van der Waals surface area contributed by atoms with Crippen LogP contribution in [0.2, 0.25) is 0 Å². The third-order valence-corrected chi connectivity index (χ3v) is 4.71. The zero-order chi connectivity index (χ0) is 22.8. The van der Waals surface area contributed by atoms with Gasteiger partial charge in [-0.25, -0.2) is 20.0 Å². The molecule has 3 rings (SSSR count). The smallest absolute Gasteiger partial charge is 0.408 e. The van der Waals surface area contributed by atoms with E-state index in [-0.39, 0.29) is 19.6 Å². The van der Waals surface area contributed by atoms with E-state index in [9.17, 15) is 14.7 Å². The van der Waals surface area contributed by atoms with Crippen molar-refractivity contribution in [1.82, 2.24) is 16.1 Å². The number of hydrogen-bond acceptors (Lipinski definition) is 8. The minimum absolute atomic E-state index is 0.0640. The second-order valence-corrected chi connectivity index (χ2v) is 7.21. The van der Waals surface area contributed by atoms with Crippen molar-refractivity contribution < 1.29 is 24.2 Å². The lowest BCUT2D eigenvalue weighted by Crippen LogP contribution is -2.41. The van der Waals surface area contributed by atoms with Gasteiger partial charge in [0, 0.05) is 19.4 Å². The van der Waals surface area contributed by atoms with E-state index in [0.717, 1.165) is 29.9 Å². The molecular formula is C22H27N5O5. The molecule has 0 spiro atoms. The molecule has 0 saturated heterocycles. The fourth-order valence-corrected chi connectivity index (χ4v) is 3.04. The number of nitrogens with zero attached hydrogens (tertiary/aromatic N) is 2. The molecule has 10 nitrogen and oxygen atoms in total. The Morgan fingerprint density at radius 2 is 2.12 bits per heavy atom. The molecule has 1 aliphatic heterocycles. The standard InChI is InChI=1S/C22H27N5O5/c1-15-13-17(26-27-21-23-10-11-24-21)7-8-19(15)31-12-9-18(20(28)29)25-22(30)32-14-16-5-3-2-4-6-16/h2-6,8,13,18H,7,9-12,14H2,1H3,(H,25,30)(H,28,29)(H2,23,24,27)/t18-/m0/s1. The van der Waals surface area contributed by atoms with Gasteiger partial charge >= 0.3 is 12.1 Å². The van der Waals surface area contributed by atoms with Crippen molar-refractivity contribution in [2.45, 2.75) is 32.4 Å². The van der Waals surface area contributed by atoms with E-state index in [0.29, 0.717) is 18.1 Å². The first kappa shape index (κ1) is 22.9. The molecule has 1 heterocycles. The molecule has 32 heavy (non-hydrogen) atoms. The number of carbonyl (C=O) groups is 2. The van der Waals surface area contributed by atoms with Gasteiger partial charge in [0.2, 0.25) is 5.96 Å². The van der Waals surface area contributed by atoms with Crippen molar-refractivity contribution in [3.8, 4) is 0 Å². The van der Waals surface area contributed by atoms with Gasteiger partial charge in [0.05, 0.1) is 18.9 Å². The maximum Gasteiger partial charge on any atom is 0.408 e. The molecule has 4 N–H and O–H groups in total. The molecule has 0 unspecified atom stereocenters. The van der Waals surface area contributed by atoms with Crippen LogP contribution in [0.1, 0.15) is 25.3 Å². The van der Waals surface area contributed by atoms with Gasteiger partial charge in [-0.3, -0.25) is 0 Å². The van der Waals surface area contributed by atoms with Crippen molar-refractivity contribution in [3.05, 3.63) is 59.4 Å². The largest absolute Gasteiger partial charge is 0.494 e. The minimum atomic E-state index is -1.15. The van der Waals surface area contributed by atoms with Gasteiger partial charge in [-0.05, 0) is 30.2 Å². The average Bonchev–Trinajstić information content (AvgIpc) is 3.31. The lowest BCUT2D eigenvalue weighted by molar-refractivity contribution is -0.139. The van der Waals surface area contributed by atoms with E-state index in [2.05, 4.69) is 26.2 Å². The van der Waals surface area contributed by atoms with E-state index >= 15 is 0 Å². The third kappa shape index (κ3) is 7.15. The Morgan fingerprint density at radius 3 is 2.81 bits per heavy atom. The number of aliphatic carboxylic acids is 1. The van der Waals surface area contributed by atoms with E-state index in [1.807, 2.05) is 49.4 Å². The second-order valence-electron chi connectivity index (χ2n) is 7.21. The number of allylic oxidation sites excluding steroid dienone is 3. The molecule has 170 valence electrons. The van der Waals surface area contributed by atoms with Crippen LogP contribution in [0.15, 0.2) is 63.9 Å². The number of ether oxygens (including phenoxy) is 2. The van der Waals surface area contributed by atoms with Gasteiger partial charge in [0.1, 0.15) is 18.4 Å². The predicted molar refractivity (Wildman–Crippen MR) is 119 cm³/mol. The number of guanidine groups is 1. The molecule has 0 fully saturated rings. The van der Waals surface area contributed by atoms with Crippen LogP contribution in [-0.4, -0.2) is 54.6 Å². The summed E-state index contributed by atoms with van der Waals surface area (Å²) in [5, 5.41) is 19.1. The summed E-state index contributed by atoms with van der Waals surface area (Å²) in [6, 6.07) is 8.03. The maximum atomic E-state index is 12.0. The molecule has 1 atom stereocenters. The Hall–Kier alpha value is -3.82. The number of hydrogen-bond donors (Lipinski definition) is 4. The van der Waals surface area contributed by atoms with Crippen LogP contribution in [0.3, 0.4) is 0 Å². The predicted octanol–water partition coefficient (Wildman–Crippen LogP) is 1.91. The molecule has 0 radical (unpaired) electrons. The van der Waals surface area contributed by atoms with Gasteiger partial charge in [-0.1, -0.05) is 30.3 Å². The number of carboxylic acid groups (broad SMARTS) is 1. The molecular weight excluding hydrogens is 414 g/mol. The summed E-state index contributed by atoms with van der Waals surface area (Å²) < 4.78 is 10.8. The first-order chi connectivity index (χ1) is 15.5. The molecule has 0 bridgehead atoms. The van der Waals surface area contributed by atoms with Gasteiger partial charge < -0.3 is 25.2 Å². The number of carboxylic acids is 1. The highest BCUT2D eigenvalue weighted by Gasteiger charge is 2.21. The first-order valence-electron chi connectivity index (χ1n) is 10.3. The van der Waals surface area contributed by atoms with Gasteiger partial charge in [-0.2, -0.15) is 5.10 Å². The highest BCUT2D eigenvalue weighted by Crippen LogP contribution is 2.18. The average molecular weight is 441 g/mol. The van der Waals surface area contributed by atoms with Gasteiger partial charge in [0.15, 0.2) is 0 Å². The number of rotatable bonds is 9. The number of nitrogens with one attached hydrogen (secondary N) is 3. The first-order valence-corrected chi connectivity index (χ1v) is 10.3. The van der Waals surface area contributed by atoms with Crippen LogP contribution < -0.4 is 16.1 Å². The summed E-state index contributed by atoms with van der Waals surface area (Å²) >= 11 is 0. The molecule has 1 aliphatic carbocycles. The summed E-state index contributed by atoms with van der Waals surface area (Å²) in [6.07, 6.45) is 3.65. The lowest BCUT2D eigenvalue weighted by atomic mass is 10.1. The third-order valence-electron chi connectivity index (χ3n) is 4.71.